The fourth-order valence-corrected chi connectivity index (χ4v) is 2.92. The van der Waals surface area contributed by atoms with E-state index in [4.69, 9.17) is 4.74 Å². The van der Waals surface area contributed by atoms with Gasteiger partial charge in [0.25, 0.3) is 11.5 Å². The lowest BCUT2D eigenvalue weighted by Gasteiger charge is -2.09. The Morgan fingerprint density at radius 2 is 2.15 bits per heavy atom. The number of aromatic hydroxyl groups is 2. The van der Waals surface area contributed by atoms with E-state index in [1.165, 1.54) is 24.5 Å². The number of phenolic OH excluding ortho intramolecular Hbond substituents is 1. The molecule has 0 aliphatic carbocycles. The van der Waals surface area contributed by atoms with E-state index < -0.39 is 17.2 Å². The minimum atomic E-state index is -0.792. The molecule has 134 valence electrons. The summed E-state index contributed by atoms with van der Waals surface area (Å²) in [4.78, 5) is 31.4. The number of aromatic nitrogens is 2. The predicted octanol–water partition coefficient (Wildman–Crippen LogP) is 1.85. The van der Waals surface area contributed by atoms with E-state index in [1.807, 2.05) is 0 Å². The average Bonchev–Trinajstić information content (AvgIpc) is 3.17. The number of phenols is 1. The van der Waals surface area contributed by atoms with Crippen LogP contribution >= 0.6 is 11.3 Å². The molecule has 4 N–H and O–H groups in total. The molecule has 0 unspecified atom stereocenters. The Morgan fingerprint density at radius 1 is 1.35 bits per heavy atom. The quantitative estimate of drug-likeness (QED) is 0.541. The van der Waals surface area contributed by atoms with Crippen LogP contribution in [0.5, 0.6) is 17.2 Å². The first kappa shape index (κ1) is 17.5. The number of amides is 1. The fraction of sp³-hybridized carbons (Fsp3) is 0.118. The molecule has 0 aliphatic rings. The van der Waals surface area contributed by atoms with Crippen molar-refractivity contribution < 1.29 is 19.7 Å². The molecule has 0 spiro atoms. The number of thiophene rings is 1. The van der Waals surface area contributed by atoms with Crippen molar-refractivity contribution in [3.63, 3.8) is 0 Å². The molecular weight excluding hydrogens is 358 g/mol. The molecule has 3 aromatic rings. The Bertz CT molecular complexity index is 998. The molecule has 3 rings (SSSR count). The second kappa shape index (κ2) is 7.28. The SMILES string of the molecule is COc1cc(CNC(=O)c2nc(-c3cccs3)[nH]c(=O)c2O)ccc1O. The second-order valence-electron chi connectivity index (χ2n) is 5.28. The first-order chi connectivity index (χ1) is 12.5. The third kappa shape index (κ3) is 3.52. The zero-order chi connectivity index (χ0) is 18.7. The number of methoxy groups -OCH3 is 1. The van der Waals surface area contributed by atoms with Crippen molar-refractivity contribution in [2.24, 2.45) is 0 Å². The largest absolute Gasteiger partial charge is 0.504 e. The highest BCUT2D eigenvalue weighted by molar-refractivity contribution is 7.13. The molecule has 8 nitrogen and oxygen atoms in total. The van der Waals surface area contributed by atoms with Gasteiger partial charge in [-0.15, -0.1) is 11.3 Å². The summed E-state index contributed by atoms with van der Waals surface area (Å²) < 4.78 is 5.01. The van der Waals surface area contributed by atoms with Crippen molar-refractivity contribution in [2.45, 2.75) is 6.54 Å². The lowest BCUT2D eigenvalue weighted by molar-refractivity contribution is 0.0942. The van der Waals surface area contributed by atoms with Gasteiger partial charge in [0.1, 0.15) is 0 Å². The van der Waals surface area contributed by atoms with Gasteiger partial charge in [-0.3, -0.25) is 9.59 Å². The van der Waals surface area contributed by atoms with Gasteiger partial charge in [0, 0.05) is 6.54 Å². The van der Waals surface area contributed by atoms with Crippen LogP contribution in [0.1, 0.15) is 16.1 Å². The van der Waals surface area contributed by atoms with Gasteiger partial charge in [-0.05, 0) is 29.1 Å². The highest BCUT2D eigenvalue weighted by Gasteiger charge is 2.19. The predicted molar refractivity (Wildman–Crippen MR) is 95.7 cm³/mol. The summed E-state index contributed by atoms with van der Waals surface area (Å²) in [6, 6.07) is 8.14. The molecular formula is C17H15N3O5S. The maximum Gasteiger partial charge on any atom is 0.294 e. The van der Waals surface area contributed by atoms with E-state index in [2.05, 4.69) is 15.3 Å². The van der Waals surface area contributed by atoms with Crippen molar-refractivity contribution in [3.05, 3.63) is 57.3 Å². The minimum Gasteiger partial charge on any atom is -0.504 e. The molecule has 26 heavy (non-hydrogen) atoms. The van der Waals surface area contributed by atoms with Gasteiger partial charge in [0.2, 0.25) is 5.75 Å². The molecule has 0 fully saturated rings. The fourth-order valence-electron chi connectivity index (χ4n) is 2.25. The van der Waals surface area contributed by atoms with Gasteiger partial charge >= 0.3 is 0 Å². The van der Waals surface area contributed by atoms with Crippen LogP contribution in [-0.4, -0.2) is 33.2 Å². The molecule has 0 radical (unpaired) electrons. The van der Waals surface area contributed by atoms with Crippen molar-refractivity contribution >= 4 is 17.2 Å². The Hall–Kier alpha value is -3.33. The molecule has 0 aliphatic heterocycles. The van der Waals surface area contributed by atoms with Crippen molar-refractivity contribution in [3.8, 4) is 28.0 Å². The minimum absolute atomic E-state index is 0.0166. The maximum atomic E-state index is 12.4. The highest BCUT2D eigenvalue weighted by atomic mass is 32.1. The monoisotopic (exact) mass is 373 g/mol. The van der Waals surface area contributed by atoms with Crippen LogP contribution in [0.3, 0.4) is 0 Å². The smallest absolute Gasteiger partial charge is 0.294 e. The van der Waals surface area contributed by atoms with Crippen LogP contribution in [0.15, 0.2) is 40.5 Å². The Morgan fingerprint density at radius 3 is 2.85 bits per heavy atom. The van der Waals surface area contributed by atoms with Gasteiger partial charge in [-0.25, -0.2) is 4.98 Å². The molecule has 0 bridgehead atoms. The second-order valence-corrected chi connectivity index (χ2v) is 6.23. The Kier molecular flexibility index (Phi) is 4.90. The van der Waals surface area contributed by atoms with E-state index in [1.54, 1.807) is 29.6 Å². The van der Waals surface area contributed by atoms with Gasteiger partial charge in [0.15, 0.2) is 23.0 Å². The first-order valence-electron chi connectivity index (χ1n) is 7.51. The van der Waals surface area contributed by atoms with Crippen LogP contribution in [0.25, 0.3) is 10.7 Å². The zero-order valence-electron chi connectivity index (χ0n) is 13.6. The highest BCUT2D eigenvalue weighted by Crippen LogP contribution is 2.26. The number of carbonyl (C=O) groups excluding carboxylic acids is 1. The standard InChI is InChI=1S/C17H15N3O5S/c1-25-11-7-9(4-5-10(11)21)8-18-16(23)13-14(22)17(24)20-15(19-13)12-3-2-6-26-12/h2-7,21-22H,8H2,1H3,(H,18,23)(H,19,20,24). The van der Waals surface area contributed by atoms with Crippen molar-refractivity contribution in [2.75, 3.05) is 7.11 Å². The van der Waals surface area contributed by atoms with Gasteiger partial charge in [-0.2, -0.15) is 0 Å². The summed E-state index contributed by atoms with van der Waals surface area (Å²) >= 11 is 1.34. The molecule has 0 saturated carbocycles. The molecule has 1 aromatic carbocycles. The molecule has 1 amide bonds. The number of ether oxygens (including phenoxy) is 1. The first-order valence-corrected chi connectivity index (χ1v) is 8.39. The number of hydrogen-bond acceptors (Lipinski definition) is 7. The maximum absolute atomic E-state index is 12.4. The van der Waals surface area contributed by atoms with Crippen LogP contribution in [-0.2, 0) is 6.54 Å². The molecule has 2 heterocycles. The summed E-state index contributed by atoms with van der Waals surface area (Å²) in [5, 5.41) is 23.9. The molecule has 0 saturated heterocycles. The number of H-pyrrole nitrogens is 1. The molecule has 2 aromatic heterocycles. The molecule has 0 atom stereocenters. The van der Waals surface area contributed by atoms with Crippen molar-refractivity contribution in [1.29, 1.82) is 0 Å². The molecule has 9 heteroatoms. The number of carbonyl (C=O) groups is 1. The van der Waals surface area contributed by atoms with E-state index in [9.17, 15) is 19.8 Å². The van der Waals surface area contributed by atoms with E-state index >= 15 is 0 Å². The van der Waals surface area contributed by atoms with E-state index in [-0.39, 0.29) is 29.6 Å². The number of hydrogen-bond donors (Lipinski definition) is 4. The normalized spacial score (nSPS) is 10.5. The number of nitrogens with zero attached hydrogens (tertiary/aromatic N) is 1. The lowest BCUT2D eigenvalue weighted by atomic mass is 10.2. The van der Waals surface area contributed by atoms with Gasteiger partial charge in [0.05, 0.1) is 12.0 Å². The lowest BCUT2D eigenvalue weighted by Crippen LogP contribution is -2.26. The summed E-state index contributed by atoms with van der Waals surface area (Å²) in [6.07, 6.45) is 0. The van der Waals surface area contributed by atoms with Crippen LogP contribution in [0, 0.1) is 0 Å². The summed E-state index contributed by atoms with van der Waals surface area (Å²) in [5.41, 5.74) is -0.487. The topological polar surface area (TPSA) is 125 Å². The van der Waals surface area contributed by atoms with Crippen molar-refractivity contribution in [1.82, 2.24) is 15.3 Å². The van der Waals surface area contributed by atoms with Gasteiger partial charge in [-0.1, -0.05) is 12.1 Å². The van der Waals surface area contributed by atoms with E-state index in [0.29, 0.717) is 10.4 Å². The van der Waals surface area contributed by atoms with Crippen LogP contribution in [0.2, 0.25) is 0 Å². The third-order valence-electron chi connectivity index (χ3n) is 3.56. The number of benzene rings is 1. The Labute approximate surface area is 151 Å². The zero-order valence-corrected chi connectivity index (χ0v) is 14.5. The third-order valence-corrected chi connectivity index (χ3v) is 4.44. The van der Waals surface area contributed by atoms with Crippen LogP contribution in [0.4, 0.5) is 0 Å². The Balaban J connectivity index is 1.83. The average molecular weight is 373 g/mol. The number of aromatic amines is 1. The van der Waals surface area contributed by atoms with Gasteiger partial charge < -0.3 is 25.3 Å². The van der Waals surface area contributed by atoms with E-state index in [0.717, 1.165) is 0 Å². The van der Waals surface area contributed by atoms with Crippen LogP contribution < -0.4 is 15.6 Å². The number of nitrogens with one attached hydrogen (secondary N) is 2. The number of rotatable bonds is 5. The summed E-state index contributed by atoms with van der Waals surface area (Å²) in [5.74, 6) is -0.977. The summed E-state index contributed by atoms with van der Waals surface area (Å²) in [6.45, 7) is 0.0950. The summed E-state index contributed by atoms with van der Waals surface area (Å²) in [7, 11) is 1.42.